The smallest absolute Gasteiger partial charge is 0.305 e. The summed E-state index contributed by atoms with van der Waals surface area (Å²) in [6.45, 7) is 8.23. The van der Waals surface area contributed by atoms with Crippen molar-refractivity contribution < 1.29 is 19.4 Å². The number of carboxylic acids is 1. The number of carbonyl (C=O) groups is 2. The van der Waals surface area contributed by atoms with Crippen molar-refractivity contribution in [2.45, 2.75) is 53.4 Å². The Kier molecular flexibility index (Phi) is 6.95. The second-order valence-corrected chi connectivity index (χ2v) is 10.3. The van der Waals surface area contributed by atoms with Gasteiger partial charge >= 0.3 is 11.9 Å². The van der Waals surface area contributed by atoms with Gasteiger partial charge in [-0.15, -0.1) is 0 Å². The van der Waals surface area contributed by atoms with Crippen molar-refractivity contribution in [3.63, 3.8) is 0 Å². The zero-order chi connectivity index (χ0) is 27.8. The maximum atomic E-state index is 12.0. The minimum atomic E-state index is -0.836. The van der Waals surface area contributed by atoms with Crippen molar-refractivity contribution in [1.82, 2.24) is 19.9 Å². The maximum Gasteiger partial charge on any atom is 0.305 e. The first-order chi connectivity index (χ1) is 18.6. The van der Waals surface area contributed by atoms with Gasteiger partial charge in [0, 0.05) is 57.0 Å². The van der Waals surface area contributed by atoms with E-state index in [1.807, 2.05) is 13.0 Å². The molecule has 5 rings (SSSR count). The van der Waals surface area contributed by atoms with Crippen LogP contribution < -0.4 is 21.4 Å². The molecule has 0 saturated heterocycles. The zero-order valence-electron chi connectivity index (χ0n) is 23.0. The quantitative estimate of drug-likeness (QED) is 0.217. The predicted octanol–water partition coefficient (Wildman–Crippen LogP) is 1.98. The molecule has 0 fully saturated rings. The molecule has 0 unspecified atom stereocenters. The summed E-state index contributed by atoms with van der Waals surface area (Å²) in [5.74, 6) is -1.10. The normalized spacial score (nSPS) is 12.2. The number of carbonyl (C=O) groups excluding carboxylic acids is 1. The molecular formula is C31H34N4O4. The highest BCUT2D eigenvalue weighted by Crippen LogP contribution is 2.22. The van der Waals surface area contributed by atoms with E-state index in [4.69, 9.17) is 4.74 Å². The van der Waals surface area contributed by atoms with E-state index < -0.39 is 5.97 Å². The molecule has 8 heteroatoms. The number of aliphatic carboxylic acids is 1. The number of hydrogen-bond acceptors (Lipinski definition) is 3. The van der Waals surface area contributed by atoms with Crippen molar-refractivity contribution in [2.75, 3.05) is 7.11 Å². The van der Waals surface area contributed by atoms with Crippen molar-refractivity contribution in [3.8, 4) is 0 Å². The first kappa shape index (κ1) is 26.2. The number of fused-ring (bicyclic) bond motifs is 8. The van der Waals surface area contributed by atoms with Crippen LogP contribution in [0.5, 0.6) is 0 Å². The first-order valence-electron chi connectivity index (χ1n) is 13.1. The number of aryl methyl sites for hydroxylation is 2. The van der Waals surface area contributed by atoms with E-state index >= 15 is 0 Å². The van der Waals surface area contributed by atoms with Gasteiger partial charge in [-0.2, -0.15) is 0 Å². The lowest BCUT2D eigenvalue weighted by Crippen LogP contribution is -2.14. The maximum absolute atomic E-state index is 12.0. The van der Waals surface area contributed by atoms with E-state index in [-0.39, 0.29) is 18.8 Å². The largest absolute Gasteiger partial charge is 0.481 e. The molecule has 0 spiro atoms. The fourth-order valence-electron chi connectivity index (χ4n) is 5.36. The lowest BCUT2D eigenvalue weighted by atomic mass is 10.0. The van der Waals surface area contributed by atoms with Gasteiger partial charge in [0.05, 0.1) is 7.11 Å². The Morgan fingerprint density at radius 1 is 0.718 bits per heavy atom. The average Bonchev–Trinajstić information content (AvgIpc) is 3.58. The zero-order valence-corrected chi connectivity index (χ0v) is 23.0. The Morgan fingerprint density at radius 3 is 2.21 bits per heavy atom. The standard InChI is InChI=1S/C31H34N4O4/c1-16-10-21-13-26-18(3)23(7-9-31(38)39-5)29(34-26)15-28-22(6-8-30(36)37)19(4)27(35-28)14-25-17(2)11-20(33-25)12-24(16)32-21/h10-15,32-35H,6-9H2,1-5H3,(H,36,37). The van der Waals surface area contributed by atoms with Gasteiger partial charge in [-0.25, -0.2) is 0 Å². The summed E-state index contributed by atoms with van der Waals surface area (Å²) in [5, 5.41) is 13.2. The number of carboxylic acid groups (broad SMARTS) is 1. The first-order valence-corrected chi connectivity index (χ1v) is 13.1. The van der Waals surface area contributed by atoms with Gasteiger partial charge in [0.2, 0.25) is 0 Å². The van der Waals surface area contributed by atoms with E-state index in [1.165, 1.54) is 7.11 Å². The molecular weight excluding hydrogens is 492 g/mol. The average molecular weight is 527 g/mol. The summed E-state index contributed by atoms with van der Waals surface area (Å²) >= 11 is 0. The van der Waals surface area contributed by atoms with Crippen LogP contribution in [0.25, 0.3) is 24.3 Å². The van der Waals surface area contributed by atoms with Gasteiger partial charge in [-0.3, -0.25) is 9.59 Å². The molecule has 1 aliphatic rings. The van der Waals surface area contributed by atoms with Crippen molar-refractivity contribution >= 4 is 36.2 Å². The summed E-state index contributed by atoms with van der Waals surface area (Å²) in [6, 6.07) is 4.24. The molecule has 0 saturated carbocycles. The lowest BCUT2D eigenvalue weighted by Gasteiger charge is -2.02. The number of methoxy groups -OCH3 is 1. The van der Waals surface area contributed by atoms with Gasteiger partial charge in [-0.05, 0) is 110 Å². The highest BCUT2D eigenvalue weighted by atomic mass is 16.5. The Balaban J connectivity index is 1.82. The second kappa shape index (κ2) is 10.4. The number of ether oxygens (including phenoxy) is 1. The fraction of sp³-hybridized carbons (Fsp3) is 0.290. The fourth-order valence-corrected chi connectivity index (χ4v) is 5.36. The molecule has 1 aliphatic heterocycles. The number of H-pyrrole nitrogens is 4. The van der Waals surface area contributed by atoms with Gasteiger partial charge in [-0.1, -0.05) is 0 Å². The van der Waals surface area contributed by atoms with Crippen LogP contribution in [-0.4, -0.2) is 44.1 Å². The molecule has 4 aromatic rings. The van der Waals surface area contributed by atoms with E-state index in [2.05, 4.69) is 71.1 Å². The Labute approximate surface area is 225 Å². The molecule has 202 valence electrons. The number of aromatic nitrogens is 4. The SMILES string of the molecule is COC(=O)CCc1c(C)c2[nH]c1=Cc1[nH]c(c(C)c1CCC(=O)O)C=c1[nH]c(cc1C)=Cc1[nH]c(cc1C)C=2. The summed E-state index contributed by atoms with van der Waals surface area (Å²) in [6.07, 6.45) is 9.53. The number of hydrogen-bond donors (Lipinski definition) is 5. The van der Waals surface area contributed by atoms with Gasteiger partial charge in [0.1, 0.15) is 0 Å². The van der Waals surface area contributed by atoms with Crippen LogP contribution >= 0.6 is 0 Å². The summed E-state index contributed by atoms with van der Waals surface area (Å²) < 4.78 is 4.90. The number of rotatable bonds is 6. The highest BCUT2D eigenvalue weighted by molar-refractivity contribution is 5.70. The molecule has 5 N–H and O–H groups in total. The third kappa shape index (κ3) is 5.27. The topological polar surface area (TPSA) is 127 Å². The lowest BCUT2D eigenvalue weighted by molar-refractivity contribution is -0.140. The predicted molar refractivity (Wildman–Crippen MR) is 151 cm³/mol. The Bertz CT molecular complexity index is 1840. The van der Waals surface area contributed by atoms with Crippen LogP contribution in [0.4, 0.5) is 0 Å². The molecule has 5 heterocycles. The van der Waals surface area contributed by atoms with Crippen LogP contribution in [0.1, 0.15) is 69.0 Å². The van der Waals surface area contributed by atoms with Crippen LogP contribution in [0, 0.1) is 27.7 Å². The monoisotopic (exact) mass is 526 g/mol. The van der Waals surface area contributed by atoms with Crippen molar-refractivity contribution in [2.24, 2.45) is 0 Å². The molecule has 0 radical (unpaired) electrons. The van der Waals surface area contributed by atoms with E-state index in [0.717, 1.165) is 77.6 Å². The van der Waals surface area contributed by atoms with E-state index in [1.54, 1.807) is 0 Å². The van der Waals surface area contributed by atoms with Gasteiger partial charge in [0.15, 0.2) is 0 Å². The van der Waals surface area contributed by atoms with Crippen LogP contribution in [0.2, 0.25) is 0 Å². The number of aromatic amines is 4. The van der Waals surface area contributed by atoms with Crippen LogP contribution in [-0.2, 0) is 27.2 Å². The van der Waals surface area contributed by atoms with E-state index in [0.29, 0.717) is 12.8 Å². The third-order valence-corrected chi connectivity index (χ3v) is 7.63. The molecule has 8 nitrogen and oxygen atoms in total. The van der Waals surface area contributed by atoms with E-state index in [9.17, 15) is 14.7 Å². The minimum Gasteiger partial charge on any atom is -0.481 e. The van der Waals surface area contributed by atoms with Crippen molar-refractivity contribution in [1.29, 1.82) is 0 Å². The Hall–Kier alpha value is -4.46. The van der Waals surface area contributed by atoms with Gasteiger partial charge in [0.25, 0.3) is 0 Å². The second-order valence-electron chi connectivity index (χ2n) is 10.3. The molecule has 0 aliphatic carbocycles. The minimum absolute atomic E-state index is 0.0336. The molecule has 39 heavy (non-hydrogen) atoms. The van der Waals surface area contributed by atoms with Crippen molar-refractivity contribution in [3.05, 3.63) is 89.7 Å². The molecule has 8 bridgehead atoms. The third-order valence-electron chi connectivity index (χ3n) is 7.63. The summed E-state index contributed by atoms with van der Waals surface area (Å²) in [5.41, 5.74) is 10.1. The molecule has 0 atom stereocenters. The Morgan fingerprint density at radius 2 is 1.46 bits per heavy atom. The van der Waals surface area contributed by atoms with Crippen LogP contribution in [0.15, 0.2) is 12.1 Å². The molecule has 0 aromatic carbocycles. The summed E-state index contributed by atoms with van der Waals surface area (Å²) in [7, 11) is 1.40. The van der Waals surface area contributed by atoms with Gasteiger partial charge < -0.3 is 29.8 Å². The number of nitrogens with one attached hydrogen (secondary N) is 4. The molecule has 0 amide bonds. The van der Waals surface area contributed by atoms with Crippen LogP contribution in [0.3, 0.4) is 0 Å². The molecule has 4 aromatic heterocycles. The summed E-state index contributed by atoms with van der Waals surface area (Å²) in [4.78, 5) is 37.6. The number of esters is 1. The highest BCUT2D eigenvalue weighted by Gasteiger charge is 2.16.